The molecule has 1 aliphatic carbocycles. The molecule has 0 amide bonds. The summed E-state index contributed by atoms with van der Waals surface area (Å²) in [6.07, 6.45) is 2.19. The van der Waals surface area contributed by atoms with Crippen LogP contribution >= 0.6 is 0 Å². The van der Waals surface area contributed by atoms with Crippen molar-refractivity contribution in [1.82, 2.24) is 5.32 Å². The van der Waals surface area contributed by atoms with Crippen molar-refractivity contribution in [2.24, 2.45) is 0 Å². The van der Waals surface area contributed by atoms with Crippen molar-refractivity contribution in [3.05, 3.63) is 29.3 Å². The minimum Gasteiger partial charge on any atom is -0.491 e. The summed E-state index contributed by atoms with van der Waals surface area (Å²) in [5, 5.41) is 12.0. The lowest BCUT2D eigenvalue weighted by Gasteiger charge is -2.12. The second kappa shape index (κ2) is 4.64. The lowest BCUT2D eigenvalue weighted by molar-refractivity contribution is 0.200. The highest BCUT2D eigenvalue weighted by atomic mass is 16.5. The zero-order valence-corrected chi connectivity index (χ0v) is 8.99. The van der Waals surface area contributed by atoms with E-state index in [-0.39, 0.29) is 6.61 Å². The predicted octanol–water partition coefficient (Wildman–Crippen LogP) is 1.26. The minimum absolute atomic E-state index is 0.0686. The summed E-state index contributed by atoms with van der Waals surface area (Å²) in [7, 11) is 1.99. The predicted molar refractivity (Wildman–Crippen MR) is 59.1 cm³/mol. The van der Waals surface area contributed by atoms with E-state index in [9.17, 15) is 0 Å². The number of fused-ring (bicyclic) bond motifs is 1. The Hall–Kier alpha value is -1.06. The highest BCUT2D eigenvalue weighted by Crippen LogP contribution is 2.36. The van der Waals surface area contributed by atoms with Crippen LogP contribution in [0.3, 0.4) is 0 Å². The van der Waals surface area contributed by atoms with Crippen molar-refractivity contribution >= 4 is 0 Å². The fourth-order valence-corrected chi connectivity index (χ4v) is 2.21. The number of hydrogen-bond acceptors (Lipinski definition) is 3. The first-order valence-corrected chi connectivity index (χ1v) is 5.39. The van der Waals surface area contributed by atoms with Crippen LogP contribution < -0.4 is 10.1 Å². The van der Waals surface area contributed by atoms with Gasteiger partial charge in [-0.15, -0.1) is 0 Å². The lowest BCUT2D eigenvalue weighted by Crippen LogP contribution is -2.12. The molecular weight excluding hydrogens is 190 g/mol. The molecule has 82 valence electrons. The van der Waals surface area contributed by atoms with Gasteiger partial charge in [0.05, 0.1) is 6.61 Å². The van der Waals surface area contributed by atoms with Gasteiger partial charge in [0.15, 0.2) is 0 Å². The Bertz CT molecular complexity index is 338. The van der Waals surface area contributed by atoms with E-state index in [0.717, 1.165) is 18.6 Å². The van der Waals surface area contributed by atoms with Crippen molar-refractivity contribution in [3.8, 4) is 5.75 Å². The molecule has 0 radical (unpaired) electrons. The monoisotopic (exact) mass is 207 g/mol. The average Bonchev–Trinajstić information content (AvgIpc) is 2.69. The molecule has 0 fully saturated rings. The normalized spacial score (nSPS) is 18.9. The maximum absolute atomic E-state index is 8.74. The van der Waals surface area contributed by atoms with Crippen LogP contribution in [0.2, 0.25) is 0 Å². The molecule has 0 saturated carbocycles. The van der Waals surface area contributed by atoms with Gasteiger partial charge in [-0.2, -0.15) is 0 Å². The van der Waals surface area contributed by atoms with Crippen LogP contribution in [0.5, 0.6) is 5.75 Å². The molecule has 3 heteroatoms. The van der Waals surface area contributed by atoms with Gasteiger partial charge in [0.25, 0.3) is 0 Å². The van der Waals surface area contributed by atoms with Gasteiger partial charge in [0.1, 0.15) is 12.4 Å². The summed E-state index contributed by atoms with van der Waals surface area (Å²) >= 11 is 0. The van der Waals surface area contributed by atoms with Gasteiger partial charge in [0, 0.05) is 6.04 Å². The Kier molecular flexibility index (Phi) is 3.23. The third-order valence-electron chi connectivity index (χ3n) is 2.93. The fourth-order valence-electron chi connectivity index (χ4n) is 2.21. The van der Waals surface area contributed by atoms with E-state index >= 15 is 0 Å². The van der Waals surface area contributed by atoms with Gasteiger partial charge in [-0.1, -0.05) is 12.1 Å². The van der Waals surface area contributed by atoms with Crippen LogP contribution in [0.15, 0.2) is 18.2 Å². The molecule has 0 spiro atoms. The number of rotatable bonds is 4. The first kappa shape index (κ1) is 10.5. The van der Waals surface area contributed by atoms with Gasteiger partial charge in [-0.05, 0) is 37.1 Å². The zero-order chi connectivity index (χ0) is 10.7. The van der Waals surface area contributed by atoms with Crippen LogP contribution in [0.4, 0.5) is 0 Å². The second-order valence-corrected chi connectivity index (χ2v) is 3.78. The standard InChI is InChI=1S/C12H17NO2/c1-13-11-6-5-10-9(11)3-2-4-12(10)15-8-7-14/h2-4,11,13-14H,5-8H2,1H3. The minimum atomic E-state index is 0.0686. The molecule has 0 heterocycles. The molecule has 1 aromatic rings. The van der Waals surface area contributed by atoms with Crippen molar-refractivity contribution < 1.29 is 9.84 Å². The summed E-state index contributed by atoms with van der Waals surface area (Å²) < 4.78 is 5.51. The molecule has 0 bridgehead atoms. The highest BCUT2D eigenvalue weighted by molar-refractivity contribution is 5.45. The zero-order valence-electron chi connectivity index (χ0n) is 8.99. The Morgan fingerprint density at radius 1 is 1.53 bits per heavy atom. The average molecular weight is 207 g/mol. The van der Waals surface area contributed by atoms with Crippen molar-refractivity contribution in [2.75, 3.05) is 20.3 Å². The molecule has 1 aliphatic rings. The van der Waals surface area contributed by atoms with Crippen LogP contribution in [-0.4, -0.2) is 25.4 Å². The number of aliphatic hydroxyl groups excluding tert-OH is 1. The quantitative estimate of drug-likeness (QED) is 0.781. The maximum atomic E-state index is 8.74. The summed E-state index contributed by atoms with van der Waals surface area (Å²) in [6, 6.07) is 6.60. The SMILES string of the molecule is CNC1CCc2c(OCCO)cccc21. The molecule has 3 nitrogen and oxygen atoms in total. The van der Waals surface area contributed by atoms with Gasteiger partial charge in [-0.25, -0.2) is 0 Å². The summed E-state index contributed by atoms with van der Waals surface area (Å²) in [5.74, 6) is 0.930. The van der Waals surface area contributed by atoms with Gasteiger partial charge in [0.2, 0.25) is 0 Å². The van der Waals surface area contributed by atoms with Gasteiger partial charge >= 0.3 is 0 Å². The molecule has 0 aromatic heterocycles. The summed E-state index contributed by atoms with van der Waals surface area (Å²) in [4.78, 5) is 0. The number of ether oxygens (including phenoxy) is 1. The van der Waals surface area contributed by atoms with Gasteiger partial charge in [-0.3, -0.25) is 0 Å². The Morgan fingerprint density at radius 2 is 2.40 bits per heavy atom. The Morgan fingerprint density at radius 3 is 3.13 bits per heavy atom. The number of nitrogens with one attached hydrogen (secondary N) is 1. The third-order valence-corrected chi connectivity index (χ3v) is 2.93. The van der Waals surface area contributed by atoms with E-state index in [4.69, 9.17) is 9.84 Å². The third kappa shape index (κ3) is 1.98. The fraction of sp³-hybridized carbons (Fsp3) is 0.500. The van der Waals surface area contributed by atoms with Crippen molar-refractivity contribution in [1.29, 1.82) is 0 Å². The van der Waals surface area contributed by atoms with E-state index in [2.05, 4.69) is 11.4 Å². The molecule has 1 unspecified atom stereocenters. The number of aliphatic hydroxyl groups is 1. The Balaban J connectivity index is 2.23. The summed E-state index contributed by atoms with van der Waals surface area (Å²) in [6.45, 7) is 0.444. The molecule has 1 aromatic carbocycles. The number of hydrogen-bond donors (Lipinski definition) is 2. The van der Waals surface area contributed by atoms with Crippen LogP contribution in [-0.2, 0) is 6.42 Å². The summed E-state index contributed by atoms with van der Waals surface area (Å²) in [5.41, 5.74) is 2.64. The van der Waals surface area contributed by atoms with Crippen LogP contribution in [0.25, 0.3) is 0 Å². The van der Waals surface area contributed by atoms with E-state index in [0.29, 0.717) is 12.6 Å². The second-order valence-electron chi connectivity index (χ2n) is 3.78. The van der Waals surface area contributed by atoms with E-state index in [1.165, 1.54) is 11.1 Å². The molecule has 2 N–H and O–H groups in total. The number of benzene rings is 1. The molecular formula is C12H17NO2. The van der Waals surface area contributed by atoms with E-state index in [1.54, 1.807) is 0 Å². The molecule has 2 rings (SSSR count). The maximum Gasteiger partial charge on any atom is 0.122 e. The van der Waals surface area contributed by atoms with Crippen LogP contribution in [0.1, 0.15) is 23.6 Å². The largest absolute Gasteiger partial charge is 0.491 e. The van der Waals surface area contributed by atoms with Gasteiger partial charge < -0.3 is 15.2 Å². The Labute approximate surface area is 90.1 Å². The van der Waals surface area contributed by atoms with E-state index in [1.807, 2.05) is 19.2 Å². The molecule has 0 saturated heterocycles. The lowest BCUT2D eigenvalue weighted by atomic mass is 10.1. The van der Waals surface area contributed by atoms with Crippen molar-refractivity contribution in [2.45, 2.75) is 18.9 Å². The molecule has 15 heavy (non-hydrogen) atoms. The first-order chi connectivity index (χ1) is 7.36. The van der Waals surface area contributed by atoms with E-state index < -0.39 is 0 Å². The molecule has 1 atom stereocenters. The highest BCUT2D eigenvalue weighted by Gasteiger charge is 2.23. The molecule has 0 aliphatic heterocycles. The van der Waals surface area contributed by atoms with Crippen molar-refractivity contribution in [3.63, 3.8) is 0 Å². The topological polar surface area (TPSA) is 41.5 Å². The smallest absolute Gasteiger partial charge is 0.122 e. The van der Waals surface area contributed by atoms with Crippen LogP contribution in [0, 0.1) is 0 Å². The first-order valence-electron chi connectivity index (χ1n) is 5.39.